The van der Waals surface area contributed by atoms with Crippen molar-refractivity contribution in [3.05, 3.63) is 23.8 Å². The minimum absolute atomic E-state index is 0.0544. The summed E-state index contributed by atoms with van der Waals surface area (Å²) in [7, 11) is -0.121. The summed E-state index contributed by atoms with van der Waals surface area (Å²) in [5.41, 5.74) is 0.827. The van der Waals surface area contributed by atoms with Crippen LogP contribution in [0, 0.1) is 0 Å². The Hall–Kier alpha value is -1.56. The topological polar surface area (TPSA) is 66.5 Å². The Labute approximate surface area is 87.8 Å². The lowest BCUT2D eigenvalue weighted by molar-refractivity contribution is 0.0985. The van der Waals surface area contributed by atoms with Gasteiger partial charge >= 0.3 is 0 Å². The van der Waals surface area contributed by atoms with Crippen LogP contribution in [0.1, 0.15) is 10.4 Å². The zero-order valence-electron chi connectivity index (χ0n) is 8.31. The van der Waals surface area contributed by atoms with Gasteiger partial charge in [-0.3, -0.25) is 4.79 Å². The molecule has 0 radical (unpaired) electrons. The number of anilines is 1. The third-order valence-electron chi connectivity index (χ3n) is 2.23. The van der Waals surface area contributed by atoms with Crippen molar-refractivity contribution >= 4 is 21.6 Å². The van der Waals surface area contributed by atoms with Crippen LogP contribution in [0.25, 0.3) is 0 Å². The van der Waals surface area contributed by atoms with Crippen molar-refractivity contribution in [2.24, 2.45) is 0 Å². The van der Waals surface area contributed by atoms with Gasteiger partial charge in [-0.2, -0.15) is 0 Å². The molecule has 0 spiro atoms. The van der Waals surface area contributed by atoms with Gasteiger partial charge < -0.3 is 4.90 Å². The summed E-state index contributed by atoms with van der Waals surface area (Å²) in [6.45, 7) is 0. The fourth-order valence-corrected chi connectivity index (χ4v) is 2.75. The largest absolute Gasteiger partial charge is 0.377 e. The molecule has 1 N–H and O–H groups in total. The van der Waals surface area contributed by atoms with E-state index in [1.165, 1.54) is 6.07 Å². The smallest absolute Gasteiger partial charge is 0.268 e. The fourth-order valence-electron chi connectivity index (χ4n) is 1.57. The third kappa shape index (κ3) is 1.37. The lowest BCUT2D eigenvalue weighted by atomic mass is 10.1. The first-order valence-corrected chi connectivity index (χ1v) is 5.79. The maximum absolute atomic E-state index is 11.5. The van der Waals surface area contributed by atoms with Crippen molar-refractivity contribution in [1.82, 2.24) is 4.72 Å². The predicted molar refractivity (Wildman–Crippen MR) is 55.4 cm³/mol. The number of hydrogen-bond acceptors (Lipinski definition) is 4. The van der Waals surface area contributed by atoms with Crippen molar-refractivity contribution in [2.45, 2.75) is 4.90 Å². The maximum atomic E-state index is 11.5. The molecule has 0 fully saturated rings. The van der Waals surface area contributed by atoms with E-state index in [1.807, 2.05) is 4.72 Å². The van der Waals surface area contributed by atoms with Gasteiger partial charge in [0.05, 0.1) is 11.3 Å². The first-order chi connectivity index (χ1) is 6.93. The molecule has 5 nitrogen and oxygen atoms in total. The molecule has 1 heterocycles. The molecule has 0 atom stereocenters. The minimum atomic E-state index is -3.64. The molecule has 0 unspecified atom stereocenters. The number of carbonyl (C=O) groups is 1. The summed E-state index contributed by atoms with van der Waals surface area (Å²) in [5.74, 6) is -0.561. The number of hydrogen-bond donors (Lipinski definition) is 1. The van der Waals surface area contributed by atoms with Gasteiger partial charge in [0.2, 0.25) is 0 Å². The fraction of sp³-hybridized carbons (Fsp3) is 0.222. The molecule has 0 saturated heterocycles. The SMILES string of the molecule is CN(C)c1cccc2c1C(=O)NS2(=O)=O. The van der Waals surface area contributed by atoms with Gasteiger partial charge in [-0.1, -0.05) is 6.07 Å². The van der Waals surface area contributed by atoms with Crippen LogP contribution < -0.4 is 9.62 Å². The van der Waals surface area contributed by atoms with Gasteiger partial charge in [0.15, 0.2) is 0 Å². The molecule has 1 aromatic carbocycles. The first kappa shape index (κ1) is 9.97. The number of carbonyl (C=O) groups excluding carboxylic acids is 1. The van der Waals surface area contributed by atoms with Crippen LogP contribution in [0.15, 0.2) is 23.1 Å². The summed E-state index contributed by atoms with van der Waals surface area (Å²) in [6, 6.07) is 4.75. The number of nitrogens with one attached hydrogen (secondary N) is 1. The summed E-state index contributed by atoms with van der Waals surface area (Å²) in [5, 5.41) is 0. The Bertz CT molecular complexity index is 534. The highest BCUT2D eigenvalue weighted by Gasteiger charge is 2.34. The Morgan fingerprint density at radius 2 is 1.93 bits per heavy atom. The molecular formula is C9H10N2O3S. The molecule has 1 amide bonds. The average Bonchev–Trinajstić information content (AvgIpc) is 2.37. The average molecular weight is 226 g/mol. The number of rotatable bonds is 1. The maximum Gasteiger partial charge on any atom is 0.268 e. The Balaban J connectivity index is 2.79. The summed E-state index contributed by atoms with van der Waals surface area (Å²) < 4.78 is 24.9. The summed E-state index contributed by atoms with van der Waals surface area (Å²) >= 11 is 0. The highest BCUT2D eigenvalue weighted by molar-refractivity contribution is 7.90. The van der Waals surface area contributed by atoms with Crippen molar-refractivity contribution < 1.29 is 13.2 Å². The van der Waals surface area contributed by atoms with Crippen LogP contribution in [0.2, 0.25) is 0 Å². The normalized spacial score (nSPS) is 17.1. The Morgan fingerprint density at radius 3 is 2.53 bits per heavy atom. The molecule has 0 aromatic heterocycles. The highest BCUT2D eigenvalue weighted by Crippen LogP contribution is 2.30. The second-order valence-corrected chi connectivity index (χ2v) is 5.13. The van der Waals surface area contributed by atoms with E-state index >= 15 is 0 Å². The number of fused-ring (bicyclic) bond motifs is 1. The highest BCUT2D eigenvalue weighted by atomic mass is 32.2. The van der Waals surface area contributed by atoms with Crippen molar-refractivity contribution in [3.63, 3.8) is 0 Å². The molecule has 1 aromatic rings. The van der Waals surface area contributed by atoms with E-state index in [9.17, 15) is 13.2 Å². The van der Waals surface area contributed by atoms with Gasteiger partial charge in [-0.25, -0.2) is 13.1 Å². The van der Waals surface area contributed by atoms with E-state index in [0.29, 0.717) is 5.69 Å². The van der Waals surface area contributed by atoms with Gasteiger partial charge in [0.25, 0.3) is 15.9 Å². The molecule has 0 bridgehead atoms. The lowest BCUT2D eigenvalue weighted by Gasteiger charge is -2.14. The van der Waals surface area contributed by atoms with Gasteiger partial charge in [-0.05, 0) is 12.1 Å². The third-order valence-corrected chi connectivity index (χ3v) is 3.60. The predicted octanol–water partition coefficient (Wildman–Crippen LogP) is 0.185. The number of amides is 1. The van der Waals surface area contributed by atoms with E-state index < -0.39 is 15.9 Å². The second kappa shape index (κ2) is 2.96. The van der Waals surface area contributed by atoms with E-state index in [2.05, 4.69) is 0 Å². The lowest BCUT2D eigenvalue weighted by Crippen LogP contribution is -2.21. The van der Waals surface area contributed by atoms with Gasteiger partial charge in [-0.15, -0.1) is 0 Å². The minimum Gasteiger partial charge on any atom is -0.377 e. The van der Waals surface area contributed by atoms with Crippen molar-refractivity contribution in [3.8, 4) is 0 Å². The summed E-state index contributed by atoms with van der Waals surface area (Å²) in [4.78, 5) is 13.3. The van der Waals surface area contributed by atoms with Crippen LogP contribution in [0.4, 0.5) is 5.69 Å². The number of nitrogens with zero attached hydrogens (tertiary/aromatic N) is 1. The first-order valence-electron chi connectivity index (χ1n) is 4.31. The summed E-state index contributed by atoms with van der Waals surface area (Å²) in [6.07, 6.45) is 0. The van der Waals surface area contributed by atoms with Crippen LogP contribution in [0.5, 0.6) is 0 Å². The molecule has 80 valence electrons. The van der Waals surface area contributed by atoms with Crippen LogP contribution in [0.3, 0.4) is 0 Å². The molecule has 1 aliphatic rings. The molecular weight excluding hydrogens is 216 g/mol. The number of sulfonamides is 1. The van der Waals surface area contributed by atoms with Gasteiger partial charge in [0, 0.05) is 14.1 Å². The monoisotopic (exact) mass is 226 g/mol. The number of benzene rings is 1. The van der Waals surface area contributed by atoms with Gasteiger partial charge in [0.1, 0.15) is 4.90 Å². The quantitative estimate of drug-likeness (QED) is 0.742. The second-order valence-electron chi connectivity index (χ2n) is 3.48. The standard InChI is InChI=1S/C9H10N2O3S/c1-11(2)6-4-3-5-7-8(6)9(12)10-15(7,13)14/h3-5H,1-2H3,(H,10,12). The van der Waals surface area contributed by atoms with Crippen LogP contribution in [-0.4, -0.2) is 28.4 Å². The van der Waals surface area contributed by atoms with Crippen molar-refractivity contribution in [2.75, 3.05) is 19.0 Å². The van der Waals surface area contributed by atoms with Crippen LogP contribution >= 0.6 is 0 Å². The molecule has 6 heteroatoms. The molecule has 0 aliphatic carbocycles. The Kier molecular flexibility index (Phi) is 1.97. The van der Waals surface area contributed by atoms with E-state index in [4.69, 9.17) is 0 Å². The molecule has 0 saturated carbocycles. The molecule has 1 aliphatic heterocycles. The molecule has 15 heavy (non-hydrogen) atoms. The van der Waals surface area contributed by atoms with Crippen LogP contribution in [-0.2, 0) is 10.0 Å². The van der Waals surface area contributed by atoms with E-state index in [-0.39, 0.29) is 10.5 Å². The van der Waals surface area contributed by atoms with Crippen molar-refractivity contribution in [1.29, 1.82) is 0 Å². The van der Waals surface area contributed by atoms with E-state index in [0.717, 1.165) is 0 Å². The van der Waals surface area contributed by atoms with E-state index in [1.54, 1.807) is 31.1 Å². The zero-order valence-corrected chi connectivity index (χ0v) is 9.13. The molecule has 2 rings (SSSR count). The Morgan fingerprint density at radius 1 is 1.27 bits per heavy atom. The zero-order chi connectivity index (χ0) is 11.2.